The normalized spacial score (nSPS) is 33.8. The van der Waals surface area contributed by atoms with E-state index in [1.54, 1.807) is 0 Å². The van der Waals surface area contributed by atoms with Gasteiger partial charge in [-0.3, -0.25) is 4.79 Å². The fourth-order valence-corrected chi connectivity index (χ4v) is 1.33. The highest BCUT2D eigenvalue weighted by molar-refractivity contribution is 6.64. The number of carbonyl (C=O) groups excluding carboxylic acids is 1. The fraction of sp³-hybridized carbons (Fsp3) is 0.857. The van der Waals surface area contributed by atoms with Gasteiger partial charge in [0.25, 0.3) is 5.24 Å². The Balaban J connectivity index is 2.39. The molecule has 2 nitrogen and oxygen atoms in total. The molecule has 58 valence electrons. The van der Waals surface area contributed by atoms with Crippen LogP contribution in [-0.2, 0) is 9.53 Å². The molecule has 0 amide bonds. The van der Waals surface area contributed by atoms with E-state index in [0.29, 0.717) is 0 Å². The van der Waals surface area contributed by atoms with E-state index in [1.165, 1.54) is 0 Å². The van der Waals surface area contributed by atoms with E-state index in [-0.39, 0.29) is 17.5 Å². The minimum absolute atomic E-state index is 0.196. The molecule has 1 saturated heterocycles. The van der Waals surface area contributed by atoms with Gasteiger partial charge in [-0.15, -0.1) is 0 Å². The molecule has 0 radical (unpaired) electrons. The van der Waals surface area contributed by atoms with Crippen LogP contribution in [0.3, 0.4) is 0 Å². The molecule has 0 aliphatic carbocycles. The molecule has 2 atom stereocenters. The first-order valence-electron chi connectivity index (χ1n) is 3.55. The van der Waals surface area contributed by atoms with Gasteiger partial charge in [0, 0.05) is 0 Å². The average Bonchev–Trinajstić information content (AvgIpc) is 1.88. The van der Waals surface area contributed by atoms with Crippen molar-refractivity contribution in [1.82, 2.24) is 0 Å². The molecule has 0 bridgehead atoms. The molecule has 0 N–H and O–H groups in total. The van der Waals surface area contributed by atoms with Crippen LogP contribution >= 0.6 is 11.6 Å². The van der Waals surface area contributed by atoms with Crippen molar-refractivity contribution in [2.45, 2.75) is 38.4 Å². The second-order valence-corrected chi connectivity index (χ2v) is 3.04. The van der Waals surface area contributed by atoms with E-state index < -0.39 is 0 Å². The van der Waals surface area contributed by atoms with Crippen molar-refractivity contribution in [2.75, 3.05) is 0 Å². The molecule has 1 rings (SSSR count). The second-order valence-electron chi connectivity index (χ2n) is 2.67. The zero-order valence-electron chi connectivity index (χ0n) is 5.97. The zero-order valence-corrected chi connectivity index (χ0v) is 6.73. The number of hydrogen-bond donors (Lipinski definition) is 0. The minimum atomic E-state index is -0.355. The van der Waals surface area contributed by atoms with Crippen molar-refractivity contribution in [1.29, 1.82) is 0 Å². The van der Waals surface area contributed by atoms with Crippen molar-refractivity contribution >= 4 is 16.8 Å². The average molecular weight is 163 g/mol. The van der Waals surface area contributed by atoms with Crippen LogP contribution in [-0.4, -0.2) is 17.5 Å². The van der Waals surface area contributed by atoms with Crippen molar-refractivity contribution in [3.05, 3.63) is 0 Å². The molecule has 0 spiro atoms. The van der Waals surface area contributed by atoms with Gasteiger partial charge in [0.1, 0.15) is 6.10 Å². The quantitative estimate of drug-likeness (QED) is 0.549. The highest BCUT2D eigenvalue weighted by atomic mass is 35.5. The Hall–Kier alpha value is -0.0800. The Morgan fingerprint density at radius 2 is 2.30 bits per heavy atom. The summed E-state index contributed by atoms with van der Waals surface area (Å²) < 4.78 is 5.27. The minimum Gasteiger partial charge on any atom is -0.366 e. The SMILES string of the molecule is C[C@H]1CCC[C@@H](C(=O)Cl)O1. The summed E-state index contributed by atoms with van der Waals surface area (Å²) in [7, 11) is 0. The molecule has 0 aromatic heterocycles. The van der Waals surface area contributed by atoms with E-state index in [9.17, 15) is 4.79 Å². The molecule has 0 aromatic rings. The van der Waals surface area contributed by atoms with Crippen LogP contribution in [0.2, 0.25) is 0 Å². The third-order valence-corrected chi connectivity index (χ3v) is 1.97. The second kappa shape index (κ2) is 3.35. The lowest BCUT2D eigenvalue weighted by molar-refractivity contribution is -0.129. The van der Waals surface area contributed by atoms with Gasteiger partial charge < -0.3 is 4.74 Å². The van der Waals surface area contributed by atoms with Gasteiger partial charge in [-0.05, 0) is 37.8 Å². The van der Waals surface area contributed by atoms with Gasteiger partial charge >= 0.3 is 0 Å². The highest BCUT2D eigenvalue weighted by Gasteiger charge is 2.23. The molecule has 1 aliphatic heterocycles. The maximum atomic E-state index is 10.6. The van der Waals surface area contributed by atoms with E-state index in [4.69, 9.17) is 16.3 Å². The molecular weight excluding hydrogens is 152 g/mol. The Morgan fingerprint density at radius 3 is 2.70 bits per heavy atom. The fourth-order valence-electron chi connectivity index (χ4n) is 1.17. The Labute approximate surface area is 65.5 Å². The third-order valence-electron chi connectivity index (χ3n) is 1.73. The Kier molecular flexibility index (Phi) is 2.69. The van der Waals surface area contributed by atoms with Crippen molar-refractivity contribution in [3.8, 4) is 0 Å². The van der Waals surface area contributed by atoms with Gasteiger partial charge in [0.15, 0.2) is 0 Å². The summed E-state index contributed by atoms with van der Waals surface area (Å²) in [6.45, 7) is 1.96. The molecule has 10 heavy (non-hydrogen) atoms. The predicted octanol–water partition coefficient (Wildman–Crippen LogP) is 1.71. The molecule has 3 heteroatoms. The van der Waals surface area contributed by atoms with Gasteiger partial charge in [0.2, 0.25) is 0 Å². The zero-order chi connectivity index (χ0) is 7.56. The summed E-state index contributed by atoms with van der Waals surface area (Å²) in [6.07, 6.45) is 2.73. The van der Waals surface area contributed by atoms with Crippen molar-refractivity contribution in [2.24, 2.45) is 0 Å². The number of rotatable bonds is 1. The molecule has 1 aliphatic rings. The number of hydrogen-bond acceptors (Lipinski definition) is 2. The Bertz CT molecular complexity index is 136. The van der Waals surface area contributed by atoms with E-state index in [2.05, 4.69) is 0 Å². The maximum absolute atomic E-state index is 10.6. The standard InChI is InChI=1S/C7H11ClO2/c1-5-3-2-4-6(10-5)7(8)9/h5-6H,2-4H2,1H3/t5-,6-/m0/s1. The van der Waals surface area contributed by atoms with Gasteiger partial charge in [-0.1, -0.05) is 0 Å². The topological polar surface area (TPSA) is 26.3 Å². The van der Waals surface area contributed by atoms with Crippen LogP contribution in [0.15, 0.2) is 0 Å². The van der Waals surface area contributed by atoms with Crippen LogP contribution in [0.5, 0.6) is 0 Å². The first kappa shape index (κ1) is 8.02. The molecule has 0 aromatic carbocycles. The van der Waals surface area contributed by atoms with E-state index in [0.717, 1.165) is 19.3 Å². The van der Waals surface area contributed by atoms with Crippen LogP contribution in [0, 0.1) is 0 Å². The van der Waals surface area contributed by atoms with Crippen LogP contribution < -0.4 is 0 Å². The van der Waals surface area contributed by atoms with Gasteiger partial charge in [-0.25, -0.2) is 0 Å². The van der Waals surface area contributed by atoms with Crippen molar-refractivity contribution in [3.63, 3.8) is 0 Å². The summed E-state index contributed by atoms with van der Waals surface area (Å²) in [5, 5.41) is -0.355. The number of halogens is 1. The molecular formula is C7H11ClO2. The summed E-state index contributed by atoms with van der Waals surface area (Å²) in [5.41, 5.74) is 0. The van der Waals surface area contributed by atoms with Gasteiger partial charge in [0.05, 0.1) is 6.10 Å². The maximum Gasteiger partial charge on any atom is 0.250 e. The molecule has 1 heterocycles. The van der Waals surface area contributed by atoms with Crippen molar-refractivity contribution < 1.29 is 9.53 Å². The van der Waals surface area contributed by atoms with E-state index in [1.807, 2.05) is 6.92 Å². The molecule has 0 unspecified atom stereocenters. The first-order chi connectivity index (χ1) is 4.70. The monoisotopic (exact) mass is 162 g/mol. The van der Waals surface area contributed by atoms with E-state index >= 15 is 0 Å². The summed E-state index contributed by atoms with van der Waals surface area (Å²) in [6, 6.07) is 0. The lowest BCUT2D eigenvalue weighted by atomic mass is 10.1. The Morgan fingerprint density at radius 1 is 1.60 bits per heavy atom. The summed E-state index contributed by atoms with van der Waals surface area (Å²) >= 11 is 5.26. The number of carbonyl (C=O) groups is 1. The largest absolute Gasteiger partial charge is 0.366 e. The molecule has 0 saturated carbocycles. The van der Waals surface area contributed by atoms with Crippen LogP contribution in [0.25, 0.3) is 0 Å². The summed E-state index contributed by atoms with van der Waals surface area (Å²) in [4.78, 5) is 10.6. The molecule has 1 fully saturated rings. The third kappa shape index (κ3) is 1.96. The lowest BCUT2D eigenvalue weighted by Crippen LogP contribution is -2.29. The first-order valence-corrected chi connectivity index (χ1v) is 3.92. The van der Waals surface area contributed by atoms with Gasteiger partial charge in [-0.2, -0.15) is 0 Å². The smallest absolute Gasteiger partial charge is 0.250 e. The lowest BCUT2D eigenvalue weighted by Gasteiger charge is -2.24. The predicted molar refractivity (Wildman–Crippen MR) is 39.0 cm³/mol. The summed E-state index contributed by atoms with van der Waals surface area (Å²) in [5.74, 6) is 0. The van der Waals surface area contributed by atoms with Crippen LogP contribution in [0.1, 0.15) is 26.2 Å². The highest BCUT2D eigenvalue weighted by Crippen LogP contribution is 2.19. The number of ether oxygens (including phenoxy) is 1. The van der Waals surface area contributed by atoms with Crippen LogP contribution in [0.4, 0.5) is 0 Å².